The first-order chi connectivity index (χ1) is 4.83. The summed E-state index contributed by atoms with van der Waals surface area (Å²) in [5.74, 6) is -5.04. The number of hydrogen-bond donors (Lipinski definition) is 2. The molecule has 0 aromatic rings. The standard InChI is InChI=1S/C2H7Cl4N3P2/c1-7-10(3,4)9-11(5,6)8-2/h1-2H3,(H,7,8,9)/p+1. The molecule has 0 saturated carbocycles. The average Bonchev–Trinajstić information content (AvgIpc) is 1.86. The Bertz CT molecular complexity index is 212. The van der Waals surface area contributed by atoms with Crippen LogP contribution in [0.5, 0.6) is 0 Å². The monoisotopic (exact) mass is 276 g/mol. The highest BCUT2D eigenvalue weighted by molar-refractivity contribution is 8.14. The third-order valence-electron chi connectivity index (χ3n) is 0.763. The van der Waals surface area contributed by atoms with Crippen LogP contribution >= 0.6 is 56.8 Å². The van der Waals surface area contributed by atoms with E-state index in [2.05, 4.69) is 14.3 Å². The summed E-state index contributed by atoms with van der Waals surface area (Å²) in [7, 11) is 3.20. The highest BCUT2D eigenvalue weighted by atomic mass is 35.9. The molecule has 0 aliphatic heterocycles. The van der Waals surface area contributed by atoms with Gasteiger partial charge in [0.25, 0.3) is 0 Å². The molecule has 0 aromatic carbocycles. The molecule has 3 nitrogen and oxygen atoms in total. The quantitative estimate of drug-likeness (QED) is 0.600. The Morgan fingerprint density at radius 3 is 1.36 bits per heavy atom. The van der Waals surface area contributed by atoms with Gasteiger partial charge in [0.2, 0.25) is 0 Å². The van der Waals surface area contributed by atoms with Gasteiger partial charge in [0.1, 0.15) is 0 Å². The summed E-state index contributed by atoms with van der Waals surface area (Å²) >= 11 is 22.8. The van der Waals surface area contributed by atoms with Gasteiger partial charge in [-0.3, -0.25) is 0 Å². The zero-order valence-corrected chi connectivity index (χ0v) is 10.7. The van der Waals surface area contributed by atoms with Gasteiger partial charge in [-0.25, -0.2) is 10.2 Å². The molecule has 0 bridgehead atoms. The summed E-state index contributed by atoms with van der Waals surface area (Å²) in [6, 6.07) is 0. The van der Waals surface area contributed by atoms with E-state index < -0.39 is 11.8 Å². The zero-order chi connectivity index (χ0) is 9.12. The molecule has 9 heteroatoms. The second kappa shape index (κ2) is 4.77. The first-order valence-electron chi connectivity index (χ1n) is 2.52. The van der Waals surface area contributed by atoms with Crippen molar-refractivity contribution in [1.82, 2.24) is 14.3 Å². The van der Waals surface area contributed by atoms with Crippen LogP contribution in [-0.2, 0) is 0 Å². The largest absolute Gasteiger partial charge is 0.460 e. The highest BCUT2D eigenvalue weighted by Gasteiger charge is 2.27. The van der Waals surface area contributed by atoms with Crippen molar-refractivity contribution in [2.45, 2.75) is 0 Å². The molecule has 0 radical (unpaired) electrons. The van der Waals surface area contributed by atoms with Crippen molar-refractivity contribution in [2.75, 3.05) is 14.1 Å². The summed E-state index contributed by atoms with van der Waals surface area (Å²) in [6.45, 7) is 0. The maximum absolute atomic E-state index is 5.70. The Balaban J connectivity index is 5.19. The van der Waals surface area contributed by atoms with Crippen LogP contribution in [0, 0.1) is 0 Å². The summed E-state index contributed by atoms with van der Waals surface area (Å²) in [5.41, 5.74) is 0. The average molecular weight is 278 g/mol. The normalized spacial score (nSPS) is 12.9. The van der Waals surface area contributed by atoms with Crippen molar-refractivity contribution in [1.29, 1.82) is 0 Å². The lowest BCUT2D eigenvalue weighted by Gasteiger charge is -1.93. The molecule has 2 N–H and O–H groups in total. The second-order valence-corrected chi connectivity index (χ2v) is 12.0. The van der Waals surface area contributed by atoms with Gasteiger partial charge in [-0.15, -0.1) is 0 Å². The molecule has 0 heterocycles. The number of nitrogens with one attached hydrogen (secondary N) is 2. The van der Waals surface area contributed by atoms with Gasteiger partial charge in [0.15, 0.2) is 0 Å². The molecule has 0 amide bonds. The maximum atomic E-state index is 5.70. The van der Waals surface area contributed by atoms with E-state index in [9.17, 15) is 0 Å². The van der Waals surface area contributed by atoms with Crippen molar-refractivity contribution in [3.05, 3.63) is 0 Å². The van der Waals surface area contributed by atoms with Crippen molar-refractivity contribution >= 4 is 56.8 Å². The van der Waals surface area contributed by atoms with Crippen LogP contribution in [0.4, 0.5) is 0 Å². The molecule has 0 atom stereocenters. The smallest absolute Gasteiger partial charge is 0.213 e. The van der Waals surface area contributed by atoms with Gasteiger partial charge in [-0.05, 0) is 14.1 Å². The van der Waals surface area contributed by atoms with E-state index in [1.807, 2.05) is 0 Å². The molecule has 0 aromatic heterocycles. The van der Waals surface area contributed by atoms with Crippen LogP contribution in [0.3, 0.4) is 0 Å². The van der Waals surface area contributed by atoms with Gasteiger partial charge in [-0.2, -0.15) is 0 Å². The summed E-state index contributed by atoms with van der Waals surface area (Å²) in [6.07, 6.45) is 0. The molecule has 0 spiro atoms. The van der Waals surface area contributed by atoms with E-state index in [0.29, 0.717) is 0 Å². The van der Waals surface area contributed by atoms with Crippen molar-refractivity contribution in [3.8, 4) is 0 Å². The lowest BCUT2D eigenvalue weighted by Crippen LogP contribution is -1.98. The van der Waals surface area contributed by atoms with E-state index in [1.54, 1.807) is 14.1 Å². The summed E-state index contributed by atoms with van der Waals surface area (Å²) < 4.78 is 3.84. The Morgan fingerprint density at radius 1 is 0.909 bits per heavy atom. The molecule has 0 rings (SSSR count). The van der Waals surface area contributed by atoms with Crippen LogP contribution in [0.1, 0.15) is 0 Å². The maximum Gasteiger partial charge on any atom is 0.460 e. The van der Waals surface area contributed by atoms with Crippen molar-refractivity contribution in [2.24, 2.45) is 0 Å². The van der Waals surface area contributed by atoms with Crippen molar-refractivity contribution < 1.29 is 0 Å². The predicted molar refractivity (Wildman–Crippen MR) is 57.5 cm³/mol. The number of rotatable bonds is 2. The Labute approximate surface area is 85.1 Å². The minimum atomic E-state index is -2.52. The summed E-state index contributed by atoms with van der Waals surface area (Å²) in [5, 5.41) is 5.25. The topological polar surface area (TPSA) is 38.2 Å². The molecule has 0 unspecified atom stereocenters. The molecule has 0 aliphatic carbocycles. The van der Waals surface area contributed by atoms with Crippen LogP contribution in [0.15, 0.2) is 0 Å². The van der Waals surface area contributed by atoms with E-state index in [0.717, 1.165) is 0 Å². The van der Waals surface area contributed by atoms with Crippen LogP contribution in [-0.4, -0.2) is 14.1 Å². The lowest BCUT2D eigenvalue weighted by atomic mass is 11.6. The van der Waals surface area contributed by atoms with E-state index in [4.69, 9.17) is 45.0 Å². The lowest BCUT2D eigenvalue weighted by molar-refractivity contribution is 1.26. The minimum absolute atomic E-state index is 1.60. The summed E-state index contributed by atoms with van der Waals surface area (Å²) in [4.78, 5) is 0. The van der Waals surface area contributed by atoms with Gasteiger partial charge in [-0.1, -0.05) is 4.17 Å². The third kappa shape index (κ3) is 5.82. The second-order valence-electron chi connectivity index (χ2n) is 1.50. The Kier molecular flexibility index (Phi) is 5.48. The third-order valence-corrected chi connectivity index (χ3v) is 8.10. The molecule has 0 fully saturated rings. The molecule has 0 aliphatic rings. The number of hydrogen-bond acceptors (Lipinski definition) is 0. The van der Waals surface area contributed by atoms with Gasteiger partial charge in [0, 0.05) is 45.0 Å². The molecular formula is C2H8Cl4N3P2+. The SMILES string of the molecule is CNP(Cl)(Cl)=[N+]=P(Cl)(Cl)NC. The zero-order valence-electron chi connectivity index (χ0n) is 5.85. The first-order valence-corrected chi connectivity index (χ1v) is 9.63. The Hall–Kier alpha value is 1.65. The number of halogens is 4. The molecular weight excluding hydrogens is 270 g/mol. The van der Waals surface area contributed by atoms with E-state index in [1.165, 1.54) is 0 Å². The fourth-order valence-corrected chi connectivity index (χ4v) is 6.97. The van der Waals surface area contributed by atoms with Crippen molar-refractivity contribution in [3.63, 3.8) is 0 Å². The number of nitrogens with zero attached hydrogens (tertiary/aromatic N) is 1. The molecule has 11 heavy (non-hydrogen) atoms. The van der Waals surface area contributed by atoms with Gasteiger partial charge < -0.3 is 0 Å². The fraction of sp³-hybridized carbons (Fsp3) is 1.00. The molecule has 68 valence electrons. The Morgan fingerprint density at radius 2 is 1.18 bits per heavy atom. The van der Waals surface area contributed by atoms with Crippen LogP contribution in [0.2, 0.25) is 0 Å². The van der Waals surface area contributed by atoms with Crippen LogP contribution < -0.4 is 14.3 Å². The first kappa shape index (κ1) is 12.7. The van der Waals surface area contributed by atoms with E-state index >= 15 is 0 Å². The van der Waals surface area contributed by atoms with Gasteiger partial charge >= 0.3 is 11.8 Å². The molecule has 0 saturated heterocycles. The van der Waals surface area contributed by atoms with Gasteiger partial charge in [0.05, 0.1) is 0 Å². The predicted octanol–water partition coefficient (Wildman–Crippen LogP) is 3.34. The fourth-order valence-electron chi connectivity index (χ4n) is 0.231. The van der Waals surface area contributed by atoms with E-state index in [-0.39, 0.29) is 0 Å². The highest BCUT2D eigenvalue weighted by Crippen LogP contribution is 2.59. The minimum Gasteiger partial charge on any atom is -0.213 e. The van der Waals surface area contributed by atoms with Crippen LogP contribution in [0.25, 0.3) is 0 Å².